The van der Waals surface area contributed by atoms with Crippen molar-refractivity contribution in [3.63, 3.8) is 0 Å². The van der Waals surface area contributed by atoms with Crippen LogP contribution >= 0.6 is 12.2 Å². The number of hydrogen-bond donors (Lipinski definition) is 2. The summed E-state index contributed by atoms with van der Waals surface area (Å²) >= 11 is 4.94. The third-order valence-electron chi connectivity index (χ3n) is 4.24. The number of thiocarbonyl (C=S) groups is 1. The first-order valence-corrected chi connectivity index (χ1v) is 7.40. The number of rotatable bonds is 6. The summed E-state index contributed by atoms with van der Waals surface area (Å²) in [7, 11) is 0. The van der Waals surface area contributed by atoms with Gasteiger partial charge >= 0.3 is 0 Å². The van der Waals surface area contributed by atoms with E-state index in [1.165, 1.54) is 31.7 Å². The highest BCUT2D eigenvalue weighted by molar-refractivity contribution is 7.80. The molecule has 0 aromatic heterocycles. The van der Waals surface area contributed by atoms with Crippen LogP contribution in [0, 0.1) is 23.6 Å². The number of nitrogens with one attached hydrogen (secondary N) is 1. The molecule has 2 aliphatic carbocycles. The minimum absolute atomic E-state index is 0.120. The molecule has 2 fully saturated rings. The van der Waals surface area contributed by atoms with Crippen molar-refractivity contribution in [1.29, 1.82) is 0 Å². The SMILES string of the molecule is NC(=S)c1c(F)cccc1NCC(C1CC1)C1CC1. The molecule has 0 spiro atoms. The molecule has 4 heteroatoms. The van der Waals surface area contributed by atoms with Crippen LogP contribution in [0.3, 0.4) is 0 Å². The first-order valence-electron chi connectivity index (χ1n) is 6.99. The molecule has 0 radical (unpaired) electrons. The third-order valence-corrected chi connectivity index (χ3v) is 4.45. The predicted molar refractivity (Wildman–Crippen MR) is 79.7 cm³/mol. The maximum atomic E-state index is 13.8. The quantitative estimate of drug-likeness (QED) is 0.784. The number of anilines is 1. The molecule has 2 nitrogen and oxygen atoms in total. The van der Waals surface area contributed by atoms with Gasteiger partial charge in [-0.05, 0) is 55.6 Å². The Morgan fingerprint density at radius 1 is 1.32 bits per heavy atom. The summed E-state index contributed by atoms with van der Waals surface area (Å²) in [5.41, 5.74) is 6.70. The van der Waals surface area contributed by atoms with Gasteiger partial charge in [-0.2, -0.15) is 0 Å². The Balaban J connectivity index is 1.72. The topological polar surface area (TPSA) is 38.0 Å². The Kier molecular flexibility index (Phi) is 3.44. The molecule has 3 N–H and O–H groups in total. The summed E-state index contributed by atoms with van der Waals surface area (Å²) in [6.45, 7) is 0.911. The van der Waals surface area contributed by atoms with Gasteiger partial charge in [0.15, 0.2) is 0 Å². The van der Waals surface area contributed by atoms with E-state index in [0.717, 1.165) is 30.0 Å². The van der Waals surface area contributed by atoms with Crippen LogP contribution in [-0.4, -0.2) is 11.5 Å². The Labute approximate surface area is 118 Å². The fraction of sp³-hybridized carbons (Fsp3) is 0.533. The van der Waals surface area contributed by atoms with Crippen LogP contribution in [0.4, 0.5) is 10.1 Å². The van der Waals surface area contributed by atoms with Crippen molar-refractivity contribution in [3.05, 3.63) is 29.6 Å². The smallest absolute Gasteiger partial charge is 0.135 e. The zero-order chi connectivity index (χ0) is 13.4. The fourth-order valence-corrected chi connectivity index (χ4v) is 3.12. The van der Waals surface area contributed by atoms with E-state index in [4.69, 9.17) is 18.0 Å². The number of halogens is 1. The van der Waals surface area contributed by atoms with Crippen molar-refractivity contribution in [3.8, 4) is 0 Å². The molecule has 0 bridgehead atoms. The molecule has 2 aliphatic rings. The van der Waals surface area contributed by atoms with E-state index in [9.17, 15) is 4.39 Å². The summed E-state index contributed by atoms with van der Waals surface area (Å²) < 4.78 is 13.8. The second-order valence-electron chi connectivity index (χ2n) is 5.75. The first kappa shape index (κ1) is 12.9. The van der Waals surface area contributed by atoms with Gasteiger partial charge in [0, 0.05) is 12.2 Å². The van der Waals surface area contributed by atoms with Crippen LogP contribution in [0.2, 0.25) is 0 Å². The van der Waals surface area contributed by atoms with Crippen LogP contribution in [0.1, 0.15) is 31.2 Å². The molecule has 102 valence electrons. The fourth-order valence-electron chi connectivity index (χ4n) is 2.92. The molecule has 0 atom stereocenters. The lowest BCUT2D eigenvalue weighted by Crippen LogP contribution is -2.21. The van der Waals surface area contributed by atoms with Gasteiger partial charge in [-0.15, -0.1) is 0 Å². The molecule has 19 heavy (non-hydrogen) atoms. The van der Waals surface area contributed by atoms with E-state index in [-0.39, 0.29) is 10.8 Å². The van der Waals surface area contributed by atoms with E-state index in [1.54, 1.807) is 6.07 Å². The van der Waals surface area contributed by atoms with Crippen LogP contribution in [0.5, 0.6) is 0 Å². The van der Waals surface area contributed by atoms with Gasteiger partial charge in [-0.1, -0.05) is 18.3 Å². The zero-order valence-electron chi connectivity index (χ0n) is 10.9. The standard InChI is InChI=1S/C15H19FN2S/c16-12-2-1-3-13(14(12)15(17)19)18-8-11(9-4-5-9)10-6-7-10/h1-3,9-11,18H,4-8H2,(H2,17,19). The molecule has 1 aromatic carbocycles. The zero-order valence-corrected chi connectivity index (χ0v) is 11.7. The van der Waals surface area contributed by atoms with Gasteiger partial charge in [0.1, 0.15) is 10.8 Å². The van der Waals surface area contributed by atoms with E-state index in [1.807, 2.05) is 6.07 Å². The minimum Gasteiger partial charge on any atom is -0.389 e. The Hall–Kier alpha value is -1.16. The number of benzene rings is 1. The van der Waals surface area contributed by atoms with E-state index in [2.05, 4.69) is 5.32 Å². The van der Waals surface area contributed by atoms with Gasteiger partial charge < -0.3 is 11.1 Å². The van der Waals surface area contributed by atoms with Crippen LogP contribution in [-0.2, 0) is 0 Å². The largest absolute Gasteiger partial charge is 0.389 e. The van der Waals surface area contributed by atoms with E-state index in [0.29, 0.717) is 5.56 Å². The van der Waals surface area contributed by atoms with E-state index >= 15 is 0 Å². The summed E-state index contributed by atoms with van der Waals surface area (Å²) in [6.07, 6.45) is 5.42. The summed E-state index contributed by atoms with van der Waals surface area (Å²) in [6, 6.07) is 4.95. The molecule has 0 aliphatic heterocycles. The van der Waals surface area contributed by atoms with Gasteiger partial charge in [0.25, 0.3) is 0 Å². The lowest BCUT2D eigenvalue weighted by Gasteiger charge is -2.19. The van der Waals surface area contributed by atoms with Crippen molar-refractivity contribution in [2.75, 3.05) is 11.9 Å². The molecular formula is C15H19FN2S. The average molecular weight is 278 g/mol. The number of nitrogens with two attached hydrogens (primary N) is 1. The molecule has 2 saturated carbocycles. The Morgan fingerprint density at radius 3 is 2.47 bits per heavy atom. The third kappa shape index (κ3) is 2.89. The monoisotopic (exact) mass is 278 g/mol. The minimum atomic E-state index is -0.341. The highest BCUT2D eigenvalue weighted by Gasteiger charge is 2.41. The average Bonchev–Trinajstić information content (AvgIpc) is 3.23. The van der Waals surface area contributed by atoms with Gasteiger partial charge in [-0.3, -0.25) is 0 Å². The molecular weight excluding hydrogens is 259 g/mol. The normalized spacial score (nSPS) is 18.6. The molecule has 0 amide bonds. The van der Waals surface area contributed by atoms with Gasteiger partial charge in [0.05, 0.1) is 5.56 Å². The highest BCUT2D eigenvalue weighted by atomic mass is 32.1. The van der Waals surface area contributed by atoms with Gasteiger partial charge in [0.2, 0.25) is 0 Å². The molecule has 0 heterocycles. The Bertz CT molecular complexity index is 483. The lowest BCUT2D eigenvalue weighted by atomic mass is 9.97. The van der Waals surface area contributed by atoms with Crippen molar-refractivity contribution < 1.29 is 4.39 Å². The van der Waals surface area contributed by atoms with Crippen LogP contribution in [0.15, 0.2) is 18.2 Å². The molecule has 0 unspecified atom stereocenters. The maximum Gasteiger partial charge on any atom is 0.135 e. The van der Waals surface area contributed by atoms with Crippen LogP contribution in [0.25, 0.3) is 0 Å². The van der Waals surface area contributed by atoms with Crippen molar-refractivity contribution in [2.45, 2.75) is 25.7 Å². The Morgan fingerprint density at radius 2 is 1.95 bits per heavy atom. The molecule has 1 aromatic rings. The van der Waals surface area contributed by atoms with Crippen molar-refractivity contribution in [1.82, 2.24) is 0 Å². The second-order valence-corrected chi connectivity index (χ2v) is 6.19. The summed E-state index contributed by atoms with van der Waals surface area (Å²) in [4.78, 5) is 0.120. The van der Waals surface area contributed by atoms with Gasteiger partial charge in [-0.25, -0.2) is 4.39 Å². The van der Waals surface area contributed by atoms with Crippen molar-refractivity contribution >= 4 is 22.9 Å². The lowest BCUT2D eigenvalue weighted by molar-refractivity contribution is 0.428. The molecule has 3 rings (SSSR count). The highest BCUT2D eigenvalue weighted by Crippen LogP contribution is 2.49. The molecule has 0 saturated heterocycles. The summed E-state index contributed by atoms with van der Waals surface area (Å²) in [5.74, 6) is 2.15. The maximum absolute atomic E-state index is 13.8. The second kappa shape index (κ2) is 5.08. The first-order chi connectivity index (χ1) is 9.16. The summed E-state index contributed by atoms with van der Waals surface area (Å²) in [5, 5.41) is 3.37. The van der Waals surface area contributed by atoms with Crippen LogP contribution < -0.4 is 11.1 Å². The number of hydrogen-bond acceptors (Lipinski definition) is 2. The van der Waals surface area contributed by atoms with E-state index < -0.39 is 0 Å². The van der Waals surface area contributed by atoms with Crippen molar-refractivity contribution in [2.24, 2.45) is 23.5 Å². The predicted octanol–water partition coefficient (Wildman–Crippen LogP) is 3.31.